The fourth-order valence-electron chi connectivity index (χ4n) is 1.81. The van der Waals surface area contributed by atoms with Gasteiger partial charge in [0.05, 0.1) is 13.2 Å². The van der Waals surface area contributed by atoms with Gasteiger partial charge in [-0.1, -0.05) is 0 Å². The van der Waals surface area contributed by atoms with E-state index in [-0.39, 0.29) is 37.3 Å². The summed E-state index contributed by atoms with van der Waals surface area (Å²) >= 11 is 0. The van der Waals surface area contributed by atoms with E-state index in [0.29, 0.717) is 17.9 Å². The van der Waals surface area contributed by atoms with Gasteiger partial charge in [-0.05, 0) is 25.8 Å². The minimum absolute atomic E-state index is 0.0133. The van der Waals surface area contributed by atoms with Gasteiger partial charge >= 0.3 is 18.3 Å². The van der Waals surface area contributed by atoms with Gasteiger partial charge in [0.2, 0.25) is 0 Å². The molecule has 0 radical (unpaired) electrons. The van der Waals surface area contributed by atoms with Crippen LogP contribution in [-0.2, 0) is 4.74 Å². The number of halogens is 3. The van der Waals surface area contributed by atoms with Crippen molar-refractivity contribution < 1.29 is 27.4 Å². The number of ether oxygens (including phenoxy) is 2. The van der Waals surface area contributed by atoms with Gasteiger partial charge < -0.3 is 20.5 Å². The van der Waals surface area contributed by atoms with Crippen molar-refractivity contribution in [2.75, 3.05) is 25.1 Å². The molecule has 0 aliphatic carbocycles. The molecule has 0 spiro atoms. The molecule has 1 aromatic rings. The summed E-state index contributed by atoms with van der Waals surface area (Å²) in [6.07, 6.45) is -2.68. The molecule has 1 aromatic heterocycles. The van der Waals surface area contributed by atoms with Crippen LogP contribution in [0.2, 0.25) is 0 Å². The Kier molecular flexibility index (Phi) is 9.58. The normalized spacial score (nSPS) is 11.7. The van der Waals surface area contributed by atoms with Crippen LogP contribution in [-0.4, -0.2) is 58.8 Å². The van der Waals surface area contributed by atoms with Gasteiger partial charge in [0.25, 0.3) is 0 Å². The number of unbranched alkanes of at least 4 members (excludes halogenated alkanes) is 1. The van der Waals surface area contributed by atoms with E-state index >= 15 is 0 Å². The van der Waals surface area contributed by atoms with E-state index in [1.807, 2.05) is 0 Å². The molecule has 11 nitrogen and oxygen atoms in total. The van der Waals surface area contributed by atoms with Gasteiger partial charge in [-0.25, -0.2) is 20.6 Å². The molecule has 0 saturated heterocycles. The molecule has 0 aromatic carbocycles. The number of nitrogens with one attached hydrogen (secondary N) is 2. The number of carbonyl (C=O) groups excluding carboxylic acids is 1. The molecule has 14 heteroatoms. The molecule has 6 N–H and O–H groups in total. The zero-order valence-corrected chi connectivity index (χ0v) is 15.7. The summed E-state index contributed by atoms with van der Waals surface area (Å²) in [6.45, 7) is 0.578. The summed E-state index contributed by atoms with van der Waals surface area (Å²) < 4.78 is 46.3. The van der Waals surface area contributed by atoms with Crippen LogP contribution in [0.15, 0.2) is 17.3 Å². The summed E-state index contributed by atoms with van der Waals surface area (Å²) in [5.41, 5.74) is 5.37. The van der Waals surface area contributed by atoms with Crippen LogP contribution < -0.4 is 21.6 Å². The Hall–Kier alpha value is -3.16. The van der Waals surface area contributed by atoms with Crippen molar-refractivity contribution >= 4 is 23.7 Å². The Labute approximate surface area is 164 Å². The number of hydrazine groups is 1. The molecule has 162 valence electrons. The number of aromatic nitrogens is 2. The van der Waals surface area contributed by atoms with Crippen LogP contribution in [0, 0.1) is 5.41 Å². The molecular weight excluding hydrogens is 397 g/mol. The minimum Gasteiger partial charge on any atom is -0.463 e. The number of alkyl halides is 3. The Morgan fingerprint density at radius 3 is 2.79 bits per heavy atom. The molecule has 0 aliphatic rings. The summed E-state index contributed by atoms with van der Waals surface area (Å²) in [6, 6.07) is 1.37. The van der Waals surface area contributed by atoms with Crippen molar-refractivity contribution in [1.29, 1.82) is 5.41 Å². The molecular formula is C15H23F3N8O3. The largest absolute Gasteiger partial charge is 0.463 e. The van der Waals surface area contributed by atoms with E-state index in [0.717, 1.165) is 0 Å². The van der Waals surface area contributed by atoms with Crippen LogP contribution in [0.1, 0.15) is 26.2 Å². The highest BCUT2D eigenvalue weighted by Gasteiger charge is 2.26. The number of hydrogen-bond donors (Lipinski definition) is 4. The molecule has 0 saturated carbocycles. The molecule has 1 amide bonds. The van der Waals surface area contributed by atoms with E-state index in [1.54, 1.807) is 6.92 Å². The van der Waals surface area contributed by atoms with Gasteiger partial charge in [0.1, 0.15) is 18.2 Å². The van der Waals surface area contributed by atoms with Gasteiger partial charge in [-0.3, -0.25) is 5.41 Å². The maximum Gasteiger partial charge on any atom is 0.429 e. The lowest BCUT2D eigenvalue weighted by molar-refractivity contribution is -0.118. The number of amidine groups is 1. The van der Waals surface area contributed by atoms with E-state index < -0.39 is 24.8 Å². The standard InChI is InChI=1S/C15H23F3N8O3/c1-2-28-14(27)26(21)10(19)5-3-4-8-29-13-22-7-6-11(25-13)24-12(20)23-9-15(16,17)18/h6-7,19H,2-5,8-9,21H2,1H3,(H3,20,22,23,24,25). The first kappa shape index (κ1) is 23.9. The number of aliphatic imine (C=N–C) groups is 1. The van der Waals surface area contributed by atoms with Crippen LogP contribution in [0.5, 0.6) is 6.01 Å². The van der Waals surface area contributed by atoms with Crippen molar-refractivity contribution in [2.45, 2.75) is 32.4 Å². The van der Waals surface area contributed by atoms with Crippen molar-refractivity contribution in [1.82, 2.24) is 15.0 Å². The number of anilines is 1. The average molecular weight is 420 g/mol. The number of rotatable bonds is 9. The SMILES string of the molecule is CCOC(=O)N(N)C(=N)CCCCOc1nccc(NC(N)=NCC(F)(F)F)n1. The van der Waals surface area contributed by atoms with Crippen LogP contribution in [0.3, 0.4) is 0 Å². The quantitative estimate of drug-likeness (QED) is 0.117. The maximum absolute atomic E-state index is 12.1. The Bertz CT molecular complexity index is 714. The zero-order valence-electron chi connectivity index (χ0n) is 15.7. The number of amides is 1. The first-order chi connectivity index (χ1) is 13.6. The lowest BCUT2D eigenvalue weighted by Crippen LogP contribution is -2.42. The monoisotopic (exact) mass is 420 g/mol. The third kappa shape index (κ3) is 10.1. The average Bonchev–Trinajstić information content (AvgIpc) is 2.65. The van der Waals surface area contributed by atoms with Crippen molar-refractivity contribution in [2.24, 2.45) is 16.6 Å². The molecule has 0 unspecified atom stereocenters. The molecule has 0 aliphatic heterocycles. The van der Waals surface area contributed by atoms with Crippen LogP contribution >= 0.6 is 0 Å². The summed E-state index contributed by atoms with van der Waals surface area (Å²) in [4.78, 5) is 22.3. The van der Waals surface area contributed by atoms with Gasteiger partial charge in [0, 0.05) is 12.6 Å². The molecule has 0 atom stereocenters. The van der Waals surface area contributed by atoms with E-state index in [4.69, 9.17) is 21.7 Å². The number of nitrogens with two attached hydrogens (primary N) is 2. The highest BCUT2D eigenvalue weighted by molar-refractivity contribution is 5.92. The number of nitrogens with zero attached hydrogens (tertiary/aromatic N) is 4. The summed E-state index contributed by atoms with van der Waals surface area (Å²) in [7, 11) is 0. The number of carbonyl (C=O) groups is 1. The van der Waals surface area contributed by atoms with Crippen molar-refractivity contribution in [3.63, 3.8) is 0 Å². The third-order valence-electron chi connectivity index (χ3n) is 3.11. The van der Waals surface area contributed by atoms with Crippen LogP contribution in [0.25, 0.3) is 0 Å². The minimum atomic E-state index is -4.46. The summed E-state index contributed by atoms with van der Waals surface area (Å²) in [5, 5.41) is 10.7. The number of guanidine groups is 1. The third-order valence-corrected chi connectivity index (χ3v) is 3.11. The van der Waals surface area contributed by atoms with Gasteiger partial charge in [-0.2, -0.15) is 23.2 Å². The first-order valence-electron chi connectivity index (χ1n) is 8.51. The maximum atomic E-state index is 12.1. The lowest BCUT2D eigenvalue weighted by atomic mass is 10.2. The van der Waals surface area contributed by atoms with Gasteiger partial charge in [-0.15, -0.1) is 0 Å². The molecule has 1 rings (SSSR count). The topological polar surface area (TPSA) is 165 Å². The molecule has 0 fully saturated rings. The zero-order chi connectivity index (χ0) is 21.9. The highest BCUT2D eigenvalue weighted by atomic mass is 19.4. The second-order valence-corrected chi connectivity index (χ2v) is 5.49. The fourth-order valence-corrected chi connectivity index (χ4v) is 1.81. The lowest BCUT2D eigenvalue weighted by Gasteiger charge is -2.16. The predicted octanol–water partition coefficient (Wildman–Crippen LogP) is 1.62. The van der Waals surface area contributed by atoms with Crippen molar-refractivity contribution in [3.05, 3.63) is 12.3 Å². The highest BCUT2D eigenvalue weighted by Crippen LogP contribution is 2.14. The number of hydrogen-bond acceptors (Lipinski definition) is 8. The second kappa shape index (κ2) is 11.6. The predicted molar refractivity (Wildman–Crippen MR) is 98.3 cm³/mol. The second-order valence-electron chi connectivity index (χ2n) is 5.49. The van der Waals surface area contributed by atoms with Crippen molar-refractivity contribution in [3.8, 4) is 6.01 Å². The van der Waals surface area contributed by atoms with E-state index in [1.165, 1.54) is 12.3 Å². The van der Waals surface area contributed by atoms with Crippen LogP contribution in [0.4, 0.5) is 23.8 Å². The van der Waals surface area contributed by atoms with Gasteiger partial charge in [0.15, 0.2) is 5.96 Å². The summed E-state index contributed by atoms with van der Waals surface area (Å²) in [5.74, 6) is 5.02. The Morgan fingerprint density at radius 1 is 1.41 bits per heavy atom. The van der Waals surface area contributed by atoms with E-state index in [9.17, 15) is 18.0 Å². The first-order valence-corrected chi connectivity index (χ1v) is 8.51. The molecule has 1 heterocycles. The molecule has 29 heavy (non-hydrogen) atoms. The smallest absolute Gasteiger partial charge is 0.429 e. The van der Waals surface area contributed by atoms with E-state index in [2.05, 4.69) is 25.0 Å². The Morgan fingerprint density at radius 2 is 2.14 bits per heavy atom. The molecule has 0 bridgehead atoms. The fraction of sp³-hybridized carbons (Fsp3) is 0.533. The Balaban J connectivity index is 2.38.